The highest BCUT2D eigenvalue weighted by atomic mass is 16.5. The molecule has 19 heavy (non-hydrogen) atoms. The first-order valence-corrected chi connectivity index (χ1v) is 7.43. The Balaban J connectivity index is 2.18. The van der Waals surface area contributed by atoms with Gasteiger partial charge in [-0.3, -0.25) is 0 Å². The van der Waals surface area contributed by atoms with Crippen LogP contribution in [-0.4, -0.2) is 12.4 Å². The third-order valence-corrected chi connectivity index (χ3v) is 3.18. The minimum Gasteiger partial charge on any atom is -0.494 e. The molecule has 0 aliphatic heterocycles. The standard InChI is InChI=1S/C17H26O2/c1-3-4-5-9-16-10-12-17(13-11-16)19-14-7-6-8-15(2)18/h10-13H,3-9,14H2,1-2H3. The van der Waals surface area contributed by atoms with Crippen LogP contribution in [0.5, 0.6) is 5.75 Å². The maximum Gasteiger partial charge on any atom is 0.129 e. The van der Waals surface area contributed by atoms with Gasteiger partial charge in [-0.15, -0.1) is 0 Å². The molecule has 0 aliphatic carbocycles. The number of rotatable bonds is 10. The van der Waals surface area contributed by atoms with Crippen molar-refractivity contribution in [3.63, 3.8) is 0 Å². The first-order chi connectivity index (χ1) is 9.22. The fourth-order valence-electron chi connectivity index (χ4n) is 2.00. The van der Waals surface area contributed by atoms with Crippen molar-refractivity contribution in [2.24, 2.45) is 0 Å². The van der Waals surface area contributed by atoms with Gasteiger partial charge in [0.2, 0.25) is 0 Å². The predicted octanol–water partition coefficient (Wildman–Crippen LogP) is 4.56. The summed E-state index contributed by atoms with van der Waals surface area (Å²) in [5.41, 5.74) is 1.39. The molecule has 2 nitrogen and oxygen atoms in total. The van der Waals surface area contributed by atoms with Crippen molar-refractivity contribution >= 4 is 5.78 Å². The molecular weight excluding hydrogens is 236 g/mol. The molecule has 2 heteroatoms. The molecule has 0 aromatic heterocycles. The highest BCUT2D eigenvalue weighted by Crippen LogP contribution is 2.14. The summed E-state index contributed by atoms with van der Waals surface area (Å²) < 4.78 is 5.66. The zero-order valence-corrected chi connectivity index (χ0v) is 12.3. The molecule has 0 spiro atoms. The van der Waals surface area contributed by atoms with Gasteiger partial charge in [-0.05, 0) is 50.3 Å². The second-order valence-corrected chi connectivity index (χ2v) is 5.11. The van der Waals surface area contributed by atoms with Gasteiger partial charge in [-0.2, -0.15) is 0 Å². The first kappa shape index (κ1) is 15.7. The second-order valence-electron chi connectivity index (χ2n) is 5.11. The number of ether oxygens (including phenoxy) is 1. The maximum atomic E-state index is 10.8. The normalized spacial score (nSPS) is 10.4. The van der Waals surface area contributed by atoms with Crippen molar-refractivity contribution < 1.29 is 9.53 Å². The molecule has 106 valence electrons. The van der Waals surface area contributed by atoms with Gasteiger partial charge in [-0.25, -0.2) is 0 Å². The summed E-state index contributed by atoms with van der Waals surface area (Å²) in [6, 6.07) is 8.40. The average Bonchev–Trinajstić information content (AvgIpc) is 2.40. The van der Waals surface area contributed by atoms with Crippen LogP contribution in [0.25, 0.3) is 0 Å². The van der Waals surface area contributed by atoms with Crippen LogP contribution in [0.1, 0.15) is 57.9 Å². The van der Waals surface area contributed by atoms with E-state index in [1.807, 2.05) is 12.1 Å². The van der Waals surface area contributed by atoms with E-state index < -0.39 is 0 Å². The molecule has 0 radical (unpaired) electrons. The number of aryl methyl sites for hydroxylation is 1. The quantitative estimate of drug-likeness (QED) is 0.578. The predicted molar refractivity (Wildman–Crippen MR) is 79.7 cm³/mol. The zero-order chi connectivity index (χ0) is 13.9. The van der Waals surface area contributed by atoms with Gasteiger partial charge >= 0.3 is 0 Å². The number of carbonyl (C=O) groups excluding carboxylic acids is 1. The van der Waals surface area contributed by atoms with Crippen molar-refractivity contribution in [1.82, 2.24) is 0 Å². The molecule has 1 aromatic carbocycles. The lowest BCUT2D eigenvalue weighted by Crippen LogP contribution is -1.99. The Labute approximate surface area is 117 Å². The Morgan fingerprint density at radius 3 is 2.42 bits per heavy atom. The summed E-state index contributed by atoms with van der Waals surface area (Å²) in [6.07, 6.45) is 7.52. The van der Waals surface area contributed by atoms with Crippen LogP contribution in [0.15, 0.2) is 24.3 Å². The van der Waals surface area contributed by atoms with E-state index in [1.54, 1.807) is 6.92 Å². The topological polar surface area (TPSA) is 26.3 Å². The molecule has 0 amide bonds. The van der Waals surface area contributed by atoms with E-state index in [0.29, 0.717) is 13.0 Å². The van der Waals surface area contributed by atoms with Crippen molar-refractivity contribution in [3.05, 3.63) is 29.8 Å². The molecule has 0 heterocycles. The van der Waals surface area contributed by atoms with Crippen LogP contribution in [0.2, 0.25) is 0 Å². The first-order valence-electron chi connectivity index (χ1n) is 7.43. The Hall–Kier alpha value is -1.31. The molecule has 0 atom stereocenters. The number of Topliss-reactive ketones (excluding diaryl/α,β-unsaturated/α-hetero) is 1. The smallest absolute Gasteiger partial charge is 0.129 e. The van der Waals surface area contributed by atoms with Gasteiger partial charge in [0.15, 0.2) is 0 Å². The van der Waals surface area contributed by atoms with Crippen molar-refractivity contribution in [3.8, 4) is 5.75 Å². The number of unbranched alkanes of at least 4 members (excludes halogenated alkanes) is 3. The Morgan fingerprint density at radius 2 is 1.79 bits per heavy atom. The number of ketones is 1. The number of hydrogen-bond acceptors (Lipinski definition) is 2. The zero-order valence-electron chi connectivity index (χ0n) is 12.3. The summed E-state index contributed by atoms with van der Waals surface area (Å²) in [6.45, 7) is 4.56. The Bertz CT molecular complexity index is 354. The van der Waals surface area contributed by atoms with Crippen LogP contribution in [0, 0.1) is 0 Å². The summed E-state index contributed by atoms with van der Waals surface area (Å²) >= 11 is 0. The van der Waals surface area contributed by atoms with Gasteiger partial charge in [-0.1, -0.05) is 31.9 Å². The van der Waals surface area contributed by atoms with Gasteiger partial charge in [0, 0.05) is 6.42 Å². The SMILES string of the molecule is CCCCCc1ccc(OCCCCC(C)=O)cc1. The van der Waals surface area contributed by atoms with Gasteiger partial charge in [0.25, 0.3) is 0 Å². The summed E-state index contributed by atoms with van der Waals surface area (Å²) in [4.78, 5) is 10.8. The highest BCUT2D eigenvalue weighted by molar-refractivity contribution is 5.75. The minimum absolute atomic E-state index is 0.261. The van der Waals surface area contributed by atoms with E-state index in [2.05, 4.69) is 19.1 Å². The van der Waals surface area contributed by atoms with E-state index in [9.17, 15) is 4.79 Å². The third kappa shape index (κ3) is 7.66. The number of hydrogen-bond donors (Lipinski definition) is 0. The van der Waals surface area contributed by atoms with E-state index >= 15 is 0 Å². The van der Waals surface area contributed by atoms with E-state index in [1.165, 1.54) is 24.8 Å². The molecule has 0 N–H and O–H groups in total. The van der Waals surface area contributed by atoms with Crippen LogP contribution in [0.3, 0.4) is 0 Å². The lowest BCUT2D eigenvalue weighted by Gasteiger charge is -2.07. The lowest BCUT2D eigenvalue weighted by molar-refractivity contribution is -0.117. The molecular formula is C17H26O2. The summed E-state index contributed by atoms with van der Waals surface area (Å²) in [7, 11) is 0. The molecule has 0 aliphatic rings. The number of carbonyl (C=O) groups is 1. The molecule has 0 saturated carbocycles. The Morgan fingerprint density at radius 1 is 1.05 bits per heavy atom. The third-order valence-electron chi connectivity index (χ3n) is 3.18. The largest absolute Gasteiger partial charge is 0.494 e. The molecule has 0 saturated heterocycles. The van der Waals surface area contributed by atoms with Gasteiger partial charge < -0.3 is 9.53 Å². The molecule has 0 unspecified atom stereocenters. The second kappa shape index (κ2) is 9.60. The van der Waals surface area contributed by atoms with Crippen LogP contribution in [0.4, 0.5) is 0 Å². The molecule has 0 fully saturated rings. The minimum atomic E-state index is 0.261. The average molecular weight is 262 g/mol. The molecule has 1 rings (SSSR count). The summed E-state index contributed by atoms with van der Waals surface area (Å²) in [5.74, 6) is 1.19. The van der Waals surface area contributed by atoms with Crippen LogP contribution < -0.4 is 4.74 Å². The highest BCUT2D eigenvalue weighted by Gasteiger charge is 1.97. The fraction of sp³-hybridized carbons (Fsp3) is 0.588. The van der Waals surface area contributed by atoms with Crippen molar-refractivity contribution in [2.45, 2.75) is 58.8 Å². The lowest BCUT2D eigenvalue weighted by atomic mass is 10.1. The molecule has 1 aromatic rings. The monoisotopic (exact) mass is 262 g/mol. The van der Waals surface area contributed by atoms with Crippen LogP contribution in [-0.2, 0) is 11.2 Å². The van der Waals surface area contributed by atoms with Crippen LogP contribution >= 0.6 is 0 Å². The van der Waals surface area contributed by atoms with Crippen molar-refractivity contribution in [2.75, 3.05) is 6.61 Å². The maximum absolute atomic E-state index is 10.8. The summed E-state index contributed by atoms with van der Waals surface area (Å²) in [5, 5.41) is 0. The Kier molecular flexibility index (Phi) is 7.95. The van der Waals surface area contributed by atoms with E-state index in [-0.39, 0.29) is 5.78 Å². The fourth-order valence-corrected chi connectivity index (χ4v) is 2.00. The van der Waals surface area contributed by atoms with Crippen molar-refractivity contribution in [1.29, 1.82) is 0 Å². The van der Waals surface area contributed by atoms with Gasteiger partial charge in [0.1, 0.15) is 11.5 Å². The number of benzene rings is 1. The van der Waals surface area contributed by atoms with Gasteiger partial charge in [0.05, 0.1) is 6.61 Å². The van der Waals surface area contributed by atoms with E-state index in [4.69, 9.17) is 4.74 Å². The molecule has 0 bridgehead atoms. The van der Waals surface area contributed by atoms with E-state index in [0.717, 1.165) is 25.0 Å².